The molecule has 0 fully saturated rings. The SMILES string of the molecule is C=CCOC(C)(C)C(C)(C)OCCCOC(C)(C)C(C)(C)OCC=C. The Labute approximate surface area is 155 Å². The van der Waals surface area contributed by atoms with Gasteiger partial charge in [-0.25, -0.2) is 0 Å². The number of rotatable bonds is 14. The third-order valence-electron chi connectivity index (χ3n) is 5.24. The van der Waals surface area contributed by atoms with E-state index in [0.29, 0.717) is 26.4 Å². The minimum Gasteiger partial charge on any atom is -0.373 e. The molecule has 0 heterocycles. The van der Waals surface area contributed by atoms with Crippen LogP contribution in [0.25, 0.3) is 0 Å². The quantitative estimate of drug-likeness (QED) is 0.327. The summed E-state index contributed by atoms with van der Waals surface area (Å²) in [6.07, 6.45) is 4.32. The highest BCUT2D eigenvalue weighted by Crippen LogP contribution is 2.30. The van der Waals surface area contributed by atoms with Crippen LogP contribution in [0.15, 0.2) is 25.3 Å². The zero-order chi connectivity index (χ0) is 19.8. The summed E-state index contributed by atoms with van der Waals surface area (Å²) in [5.41, 5.74) is -1.61. The molecule has 0 aliphatic rings. The van der Waals surface area contributed by atoms with Crippen LogP contribution in [-0.2, 0) is 18.9 Å². The lowest BCUT2D eigenvalue weighted by molar-refractivity contribution is -0.185. The molecule has 0 rings (SSSR count). The predicted molar refractivity (Wildman–Crippen MR) is 105 cm³/mol. The summed E-state index contributed by atoms with van der Waals surface area (Å²) in [5, 5.41) is 0. The van der Waals surface area contributed by atoms with Crippen molar-refractivity contribution in [3.8, 4) is 0 Å². The van der Waals surface area contributed by atoms with Gasteiger partial charge in [-0.15, -0.1) is 13.2 Å². The predicted octanol–water partition coefficient (Wildman–Crippen LogP) is 4.93. The molecule has 0 atom stereocenters. The smallest absolute Gasteiger partial charge is 0.0913 e. The molecule has 4 nitrogen and oxygen atoms in total. The summed E-state index contributed by atoms with van der Waals surface area (Å²) in [6, 6.07) is 0. The largest absolute Gasteiger partial charge is 0.373 e. The molecule has 0 saturated carbocycles. The average Bonchev–Trinajstić information content (AvgIpc) is 2.50. The Kier molecular flexibility index (Phi) is 9.60. The van der Waals surface area contributed by atoms with Gasteiger partial charge in [-0.1, -0.05) is 12.2 Å². The molecule has 0 aliphatic carbocycles. The van der Waals surface area contributed by atoms with E-state index in [1.165, 1.54) is 0 Å². The molecule has 148 valence electrons. The van der Waals surface area contributed by atoms with E-state index in [-0.39, 0.29) is 0 Å². The highest BCUT2D eigenvalue weighted by atomic mass is 16.6. The van der Waals surface area contributed by atoms with Gasteiger partial charge in [0, 0.05) is 13.2 Å². The summed E-state index contributed by atoms with van der Waals surface area (Å²) in [5.74, 6) is 0. The minimum atomic E-state index is -0.405. The molecule has 4 heteroatoms. The van der Waals surface area contributed by atoms with Gasteiger partial charge in [0.2, 0.25) is 0 Å². The molecular weight excluding hydrogens is 316 g/mol. The van der Waals surface area contributed by atoms with Crippen LogP contribution >= 0.6 is 0 Å². The van der Waals surface area contributed by atoms with E-state index >= 15 is 0 Å². The first-order valence-electron chi connectivity index (χ1n) is 9.10. The summed E-state index contributed by atoms with van der Waals surface area (Å²) in [6.45, 7) is 26.0. The third kappa shape index (κ3) is 7.61. The molecule has 0 spiro atoms. The van der Waals surface area contributed by atoms with Crippen molar-refractivity contribution in [3.05, 3.63) is 25.3 Å². The van der Waals surface area contributed by atoms with E-state index in [1.807, 2.05) is 55.4 Å². The van der Waals surface area contributed by atoms with Gasteiger partial charge < -0.3 is 18.9 Å². The van der Waals surface area contributed by atoms with Crippen LogP contribution in [0.3, 0.4) is 0 Å². The Morgan fingerprint density at radius 3 is 1.12 bits per heavy atom. The highest BCUT2D eigenvalue weighted by molar-refractivity contribution is 4.91. The lowest BCUT2D eigenvalue weighted by Gasteiger charge is -2.42. The van der Waals surface area contributed by atoms with Crippen LogP contribution in [0.5, 0.6) is 0 Å². The summed E-state index contributed by atoms with van der Waals surface area (Å²) in [7, 11) is 0. The lowest BCUT2D eigenvalue weighted by Crippen LogP contribution is -2.50. The summed E-state index contributed by atoms with van der Waals surface area (Å²) >= 11 is 0. The number of hydrogen-bond donors (Lipinski definition) is 0. The second-order valence-corrected chi connectivity index (χ2v) is 8.29. The molecule has 25 heavy (non-hydrogen) atoms. The lowest BCUT2D eigenvalue weighted by atomic mass is 9.89. The monoisotopic (exact) mass is 356 g/mol. The fraction of sp³-hybridized carbons (Fsp3) is 0.810. The molecule has 0 aromatic carbocycles. The topological polar surface area (TPSA) is 36.9 Å². The van der Waals surface area contributed by atoms with Crippen LogP contribution < -0.4 is 0 Å². The standard InChI is InChI=1S/C21H40O4/c1-11-14-22-18(3,4)20(7,8)24-16-13-17-25-21(9,10)19(5,6)23-15-12-2/h11-12H,1-2,13-17H2,3-10H3. The van der Waals surface area contributed by atoms with Crippen LogP contribution in [0.1, 0.15) is 61.8 Å². The fourth-order valence-electron chi connectivity index (χ4n) is 1.94. The fourth-order valence-corrected chi connectivity index (χ4v) is 1.94. The van der Waals surface area contributed by atoms with Crippen LogP contribution in [0.2, 0.25) is 0 Å². The van der Waals surface area contributed by atoms with Crippen molar-refractivity contribution in [1.82, 2.24) is 0 Å². The van der Waals surface area contributed by atoms with Crippen LogP contribution in [0, 0.1) is 0 Å². The van der Waals surface area contributed by atoms with E-state index < -0.39 is 22.4 Å². The Morgan fingerprint density at radius 1 is 0.560 bits per heavy atom. The van der Waals surface area contributed by atoms with Gasteiger partial charge >= 0.3 is 0 Å². The van der Waals surface area contributed by atoms with Crippen molar-refractivity contribution in [1.29, 1.82) is 0 Å². The molecule has 0 saturated heterocycles. The molecule has 0 unspecified atom stereocenters. The molecule has 0 radical (unpaired) electrons. The van der Waals surface area contributed by atoms with E-state index in [1.54, 1.807) is 12.2 Å². The first-order chi connectivity index (χ1) is 11.3. The molecule has 0 amide bonds. The van der Waals surface area contributed by atoms with E-state index in [2.05, 4.69) is 13.2 Å². The maximum atomic E-state index is 6.07. The third-order valence-corrected chi connectivity index (χ3v) is 5.24. The first-order valence-corrected chi connectivity index (χ1v) is 9.10. The Hall–Kier alpha value is -0.680. The van der Waals surface area contributed by atoms with E-state index in [4.69, 9.17) is 18.9 Å². The average molecular weight is 357 g/mol. The summed E-state index contributed by atoms with van der Waals surface area (Å²) in [4.78, 5) is 0. The molecular formula is C21H40O4. The highest BCUT2D eigenvalue weighted by Gasteiger charge is 2.40. The van der Waals surface area contributed by atoms with Crippen molar-refractivity contribution in [2.45, 2.75) is 84.2 Å². The zero-order valence-corrected chi connectivity index (χ0v) is 17.7. The van der Waals surface area contributed by atoms with Crippen LogP contribution in [0.4, 0.5) is 0 Å². The zero-order valence-electron chi connectivity index (χ0n) is 17.7. The molecule has 0 bridgehead atoms. The normalized spacial score (nSPS) is 13.8. The van der Waals surface area contributed by atoms with Gasteiger partial charge in [-0.2, -0.15) is 0 Å². The Morgan fingerprint density at radius 2 is 0.840 bits per heavy atom. The molecule has 0 aromatic rings. The maximum Gasteiger partial charge on any atom is 0.0913 e. The van der Waals surface area contributed by atoms with Crippen molar-refractivity contribution < 1.29 is 18.9 Å². The summed E-state index contributed by atoms with van der Waals surface area (Å²) < 4.78 is 23.8. The Bertz CT molecular complexity index is 370. The maximum absolute atomic E-state index is 6.07. The van der Waals surface area contributed by atoms with Gasteiger partial charge in [0.25, 0.3) is 0 Å². The second kappa shape index (κ2) is 9.86. The first kappa shape index (κ1) is 24.3. The van der Waals surface area contributed by atoms with Gasteiger partial charge in [-0.3, -0.25) is 0 Å². The Balaban J connectivity index is 4.35. The minimum absolute atomic E-state index is 0.401. The van der Waals surface area contributed by atoms with E-state index in [9.17, 15) is 0 Å². The van der Waals surface area contributed by atoms with Gasteiger partial charge in [0.15, 0.2) is 0 Å². The van der Waals surface area contributed by atoms with Crippen molar-refractivity contribution in [3.63, 3.8) is 0 Å². The van der Waals surface area contributed by atoms with Crippen molar-refractivity contribution in [2.24, 2.45) is 0 Å². The van der Waals surface area contributed by atoms with Gasteiger partial charge in [0.05, 0.1) is 35.6 Å². The molecule has 0 N–H and O–H groups in total. The van der Waals surface area contributed by atoms with Gasteiger partial charge in [-0.05, 0) is 61.8 Å². The number of hydrogen-bond acceptors (Lipinski definition) is 4. The molecule has 0 aliphatic heterocycles. The molecule has 0 aromatic heterocycles. The van der Waals surface area contributed by atoms with E-state index in [0.717, 1.165) is 6.42 Å². The van der Waals surface area contributed by atoms with Gasteiger partial charge in [0.1, 0.15) is 0 Å². The number of ether oxygens (including phenoxy) is 4. The van der Waals surface area contributed by atoms with Crippen molar-refractivity contribution in [2.75, 3.05) is 26.4 Å². The van der Waals surface area contributed by atoms with Crippen molar-refractivity contribution >= 4 is 0 Å². The second-order valence-electron chi connectivity index (χ2n) is 8.29. The van der Waals surface area contributed by atoms with Crippen LogP contribution in [-0.4, -0.2) is 48.8 Å².